The summed E-state index contributed by atoms with van der Waals surface area (Å²) < 4.78 is 7.53. The number of hydrogen-bond donors (Lipinski definition) is 1. The summed E-state index contributed by atoms with van der Waals surface area (Å²) >= 11 is 7.21. The van der Waals surface area contributed by atoms with Crippen molar-refractivity contribution in [3.8, 4) is 0 Å². The second-order valence-electron chi connectivity index (χ2n) is 4.77. The van der Waals surface area contributed by atoms with Crippen LogP contribution in [0.1, 0.15) is 24.7 Å². The highest BCUT2D eigenvalue weighted by molar-refractivity contribution is 9.11. The van der Waals surface area contributed by atoms with Crippen LogP contribution < -0.4 is 5.32 Å². The lowest BCUT2D eigenvalue weighted by Gasteiger charge is -2.18. The van der Waals surface area contributed by atoms with Crippen LogP contribution in [-0.2, 0) is 6.42 Å². The van der Waals surface area contributed by atoms with E-state index in [0.717, 1.165) is 33.2 Å². The predicted octanol–water partition coefficient (Wildman–Crippen LogP) is 5.55. The van der Waals surface area contributed by atoms with E-state index in [2.05, 4.69) is 63.2 Å². The normalized spacial score (nSPS) is 12.4. The van der Waals surface area contributed by atoms with Gasteiger partial charge in [-0.05, 0) is 82.0 Å². The quantitative estimate of drug-likeness (QED) is 0.728. The van der Waals surface area contributed by atoms with Gasteiger partial charge in [-0.15, -0.1) is 0 Å². The maximum absolute atomic E-state index is 5.35. The Labute approximate surface area is 130 Å². The van der Waals surface area contributed by atoms with E-state index in [4.69, 9.17) is 4.42 Å². The molecule has 1 unspecified atom stereocenters. The molecule has 0 amide bonds. The van der Waals surface area contributed by atoms with Gasteiger partial charge in [0, 0.05) is 21.4 Å². The van der Waals surface area contributed by atoms with Gasteiger partial charge in [0.2, 0.25) is 0 Å². The van der Waals surface area contributed by atoms with Crippen LogP contribution in [0.25, 0.3) is 0 Å². The zero-order chi connectivity index (χ0) is 13.8. The number of aryl methyl sites for hydroxylation is 2. The Morgan fingerprint density at radius 1 is 1.26 bits per heavy atom. The molecule has 0 aliphatic carbocycles. The van der Waals surface area contributed by atoms with Crippen molar-refractivity contribution in [1.82, 2.24) is 0 Å². The third-order valence-electron chi connectivity index (χ3n) is 2.98. The van der Waals surface area contributed by atoms with Gasteiger partial charge in [0.1, 0.15) is 5.76 Å². The first kappa shape index (κ1) is 14.7. The molecule has 1 aromatic heterocycles. The lowest BCUT2D eigenvalue weighted by atomic mass is 10.1. The zero-order valence-electron chi connectivity index (χ0n) is 11.0. The minimum atomic E-state index is 0.375. The molecule has 0 aliphatic rings. The molecule has 0 radical (unpaired) electrons. The number of halogens is 2. The molecule has 0 bridgehead atoms. The molecule has 0 fully saturated rings. The molecular weight excluding hydrogens is 370 g/mol. The first-order valence-corrected chi connectivity index (χ1v) is 7.89. The maximum Gasteiger partial charge on any atom is 0.103 e. The summed E-state index contributed by atoms with van der Waals surface area (Å²) in [6.07, 6.45) is 3.70. The number of anilines is 1. The Balaban J connectivity index is 1.97. The molecule has 2 nitrogen and oxygen atoms in total. The van der Waals surface area contributed by atoms with Gasteiger partial charge in [-0.1, -0.05) is 0 Å². The van der Waals surface area contributed by atoms with E-state index in [1.54, 1.807) is 6.26 Å². The predicted molar refractivity (Wildman–Crippen MR) is 86.7 cm³/mol. The number of nitrogens with one attached hydrogen (secondary N) is 1. The van der Waals surface area contributed by atoms with Gasteiger partial charge in [0.25, 0.3) is 0 Å². The molecule has 0 aliphatic heterocycles. The first-order valence-electron chi connectivity index (χ1n) is 6.31. The minimum Gasteiger partial charge on any atom is -0.469 e. The van der Waals surface area contributed by atoms with Crippen molar-refractivity contribution in [2.45, 2.75) is 32.7 Å². The van der Waals surface area contributed by atoms with Crippen molar-refractivity contribution in [1.29, 1.82) is 0 Å². The van der Waals surface area contributed by atoms with E-state index in [-0.39, 0.29) is 0 Å². The van der Waals surface area contributed by atoms with Crippen LogP contribution in [-0.4, -0.2) is 6.04 Å². The Kier molecular flexibility index (Phi) is 5.11. The summed E-state index contributed by atoms with van der Waals surface area (Å²) in [6, 6.07) is 8.56. The highest BCUT2D eigenvalue weighted by Crippen LogP contribution is 2.33. The fourth-order valence-electron chi connectivity index (χ4n) is 1.97. The maximum atomic E-state index is 5.35. The molecule has 2 rings (SSSR count). The average molecular weight is 387 g/mol. The van der Waals surface area contributed by atoms with E-state index >= 15 is 0 Å². The van der Waals surface area contributed by atoms with Crippen LogP contribution in [0, 0.1) is 6.92 Å². The minimum absolute atomic E-state index is 0.375. The number of hydrogen-bond acceptors (Lipinski definition) is 2. The molecule has 1 N–H and O–H groups in total. The molecule has 1 atom stereocenters. The number of rotatable bonds is 5. The van der Waals surface area contributed by atoms with Crippen LogP contribution in [0.3, 0.4) is 0 Å². The fourth-order valence-corrected chi connectivity index (χ4v) is 3.61. The van der Waals surface area contributed by atoms with Crippen molar-refractivity contribution >= 4 is 37.5 Å². The molecule has 2 aromatic rings. The number of furan rings is 1. The second kappa shape index (κ2) is 6.62. The summed E-state index contributed by atoms with van der Waals surface area (Å²) in [5, 5.41) is 3.53. The standard InChI is InChI=1S/C15H17Br2NO/c1-10-8-13(16)15(14(17)9-10)18-11(2)5-6-12-4-3-7-19-12/h3-4,7-9,11,18H,5-6H2,1-2H3. The van der Waals surface area contributed by atoms with Crippen molar-refractivity contribution < 1.29 is 4.42 Å². The van der Waals surface area contributed by atoms with E-state index in [9.17, 15) is 0 Å². The van der Waals surface area contributed by atoms with Gasteiger partial charge < -0.3 is 9.73 Å². The van der Waals surface area contributed by atoms with Gasteiger partial charge >= 0.3 is 0 Å². The summed E-state index contributed by atoms with van der Waals surface area (Å²) in [5.41, 5.74) is 2.34. The van der Waals surface area contributed by atoms with Crippen molar-refractivity contribution in [3.63, 3.8) is 0 Å². The molecular formula is C15H17Br2NO. The van der Waals surface area contributed by atoms with Crippen LogP contribution >= 0.6 is 31.9 Å². The SMILES string of the molecule is Cc1cc(Br)c(NC(C)CCc2ccco2)c(Br)c1. The molecule has 0 saturated carbocycles. The largest absolute Gasteiger partial charge is 0.469 e. The second-order valence-corrected chi connectivity index (χ2v) is 6.48. The van der Waals surface area contributed by atoms with Gasteiger partial charge in [-0.3, -0.25) is 0 Å². The van der Waals surface area contributed by atoms with E-state index < -0.39 is 0 Å². The van der Waals surface area contributed by atoms with Crippen molar-refractivity contribution in [2.75, 3.05) is 5.32 Å². The van der Waals surface area contributed by atoms with Gasteiger partial charge in [0.15, 0.2) is 0 Å². The fraction of sp³-hybridized carbons (Fsp3) is 0.333. The van der Waals surface area contributed by atoms with E-state index in [1.807, 2.05) is 12.1 Å². The Hall–Kier alpha value is -0.740. The summed E-state index contributed by atoms with van der Waals surface area (Å²) in [7, 11) is 0. The topological polar surface area (TPSA) is 25.2 Å². The lowest BCUT2D eigenvalue weighted by molar-refractivity contribution is 0.495. The van der Waals surface area contributed by atoms with Gasteiger partial charge in [-0.2, -0.15) is 0 Å². The number of benzene rings is 1. The highest BCUT2D eigenvalue weighted by Gasteiger charge is 2.10. The molecule has 4 heteroatoms. The van der Waals surface area contributed by atoms with Crippen LogP contribution in [0.15, 0.2) is 43.9 Å². The average Bonchev–Trinajstić information content (AvgIpc) is 2.84. The monoisotopic (exact) mass is 385 g/mol. The van der Waals surface area contributed by atoms with Crippen LogP contribution in [0.4, 0.5) is 5.69 Å². The summed E-state index contributed by atoms with van der Waals surface area (Å²) in [6.45, 7) is 4.27. The van der Waals surface area contributed by atoms with Gasteiger partial charge in [-0.25, -0.2) is 0 Å². The van der Waals surface area contributed by atoms with E-state index in [1.165, 1.54) is 5.56 Å². The molecule has 0 saturated heterocycles. The molecule has 19 heavy (non-hydrogen) atoms. The summed E-state index contributed by atoms with van der Waals surface area (Å²) in [5.74, 6) is 1.04. The first-order chi connectivity index (χ1) is 9.06. The molecule has 102 valence electrons. The summed E-state index contributed by atoms with van der Waals surface area (Å²) in [4.78, 5) is 0. The van der Waals surface area contributed by atoms with E-state index in [0.29, 0.717) is 6.04 Å². The molecule has 1 heterocycles. The Morgan fingerprint density at radius 2 is 1.95 bits per heavy atom. The van der Waals surface area contributed by atoms with Gasteiger partial charge in [0.05, 0.1) is 12.0 Å². The van der Waals surface area contributed by atoms with Crippen LogP contribution in [0.2, 0.25) is 0 Å². The molecule has 0 spiro atoms. The third kappa shape index (κ3) is 4.11. The zero-order valence-corrected chi connectivity index (χ0v) is 14.2. The Bertz CT molecular complexity index is 514. The van der Waals surface area contributed by atoms with Crippen molar-refractivity contribution in [2.24, 2.45) is 0 Å². The van der Waals surface area contributed by atoms with Crippen LogP contribution in [0.5, 0.6) is 0 Å². The molecule has 1 aromatic carbocycles. The Morgan fingerprint density at radius 3 is 2.53 bits per heavy atom. The third-order valence-corrected chi connectivity index (χ3v) is 4.23. The lowest BCUT2D eigenvalue weighted by Crippen LogP contribution is -2.16. The highest BCUT2D eigenvalue weighted by atomic mass is 79.9. The smallest absolute Gasteiger partial charge is 0.103 e. The van der Waals surface area contributed by atoms with Crippen molar-refractivity contribution in [3.05, 3.63) is 50.8 Å².